The smallest absolute Gasteiger partial charge is 0.220 e. The molecule has 100 valence electrons. The second-order valence-corrected chi connectivity index (χ2v) is 5.07. The van der Waals surface area contributed by atoms with Crippen LogP contribution < -0.4 is 11.1 Å². The van der Waals surface area contributed by atoms with Gasteiger partial charge in [0.05, 0.1) is 6.04 Å². The van der Waals surface area contributed by atoms with Gasteiger partial charge < -0.3 is 11.1 Å². The fourth-order valence-electron chi connectivity index (χ4n) is 1.84. The van der Waals surface area contributed by atoms with Gasteiger partial charge in [0, 0.05) is 12.5 Å². The molecule has 0 aromatic heterocycles. The van der Waals surface area contributed by atoms with Crippen molar-refractivity contribution in [1.82, 2.24) is 5.32 Å². The number of carbonyl (C=O) groups excluding carboxylic acids is 1. The molecule has 18 heavy (non-hydrogen) atoms. The summed E-state index contributed by atoms with van der Waals surface area (Å²) in [4.78, 5) is 11.7. The third-order valence-electron chi connectivity index (χ3n) is 3.02. The highest BCUT2D eigenvalue weighted by Crippen LogP contribution is 2.13. The number of nitrogens with two attached hydrogens (primary N) is 1. The molecule has 3 heteroatoms. The van der Waals surface area contributed by atoms with Gasteiger partial charge in [0.25, 0.3) is 0 Å². The molecule has 1 rings (SSSR count). The van der Waals surface area contributed by atoms with Crippen molar-refractivity contribution in [2.75, 3.05) is 0 Å². The molecule has 3 N–H and O–H groups in total. The van der Waals surface area contributed by atoms with Crippen LogP contribution in [0.1, 0.15) is 50.3 Å². The Morgan fingerprint density at radius 3 is 2.44 bits per heavy atom. The van der Waals surface area contributed by atoms with E-state index in [0.717, 1.165) is 18.4 Å². The van der Waals surface area contributed by atoms with Crippen LogP contribution in [0, 0.1) is 6.92 Å². The number of rotatable bonds is 6. The van der Waals surface area contributed by atoms with E-state index in [2.05, 4.69) is 36.5 Å². The highest BCUT2D eigenvalue weighted by molar-refractivity contribution is 5.76. The first-order valence-electron chi connectivity index (χ1n) is 6.60. The lowest BCUT2D eigenvalue weighted by Gasteiger charge is -2.14. The van der Waals surface area contributed by atoms with Crippen molar-refractivity contribution in [1.29, 1.82) is 0 Å². The highest BCUT2D eigenvalue weighted by Gasteiger charge is 2.09. The number of amides is 1. The van der Waals surface area contributed by atoms with Crippen molar-refractivity contribution in [2.24, 2.45) is 5.73 Å². The second kappa shape index (κ2) is 7.17. The Labute approximate surface area is 110 Å². The summed E-state index contributed by atoms with van der Waals surface area (Å²) in [6, 6.07) is 8.48. The summed E-state index contributed by atoms with van der Waals surface area (Å²) >= 11 is 0. The molecule has 0 aliphatic carbocycles. The molecule has 2 atom stereocenters. The van der Waals surface area contributed by atoms with Crippen LogP contribution >= 0.6 is 0 Å². The van der Waals surface area contributed by atoms with Crippen molar-refractivity contribution in [3.63, 3.8) is 0 Å². The SMILES string of the molecule is Cc1ccc([C@H](C)NC(=O)CCCC(C)N)cc1. The van der Waals surface area contributed by atoms with E-state index in [1.54, 1.807) is 0 Å². The number of hydrogen-bond acceptors (Lipinski definition) is 2. The number of carbonyl (C=O) groups is 1. The normalized spacial score (nSPS) is 14.0. The molecular weight excluding hydrogens is 224 g/mol. The fraction of sp³-hybridized carbons (Fsp3) is 0.533. The van der Waals surface area contributed by atoms with Crippen LogP contribution in [-0.4, -0.2) is 11.9 Å². The van der Waals surface area contributed by atoms with Crippen molar-refractivity contribution >= 4 is 5.91 Å². The van der Waals surface area contributed by atoms with Crippen LogP contribution in [-0.2, 0) is 4.79 Å². The predicted molar refractivity (Wildman–Crippen MR) is 75.2 cm³/mol. The van der Waals surface area contributed by atoms with Crippen LogP contribution in [0.25, 0.3) is 0 Å². The first-order chi connectivity index (χ1) is 8.49. The molecule has 0 aliphatic rings. The summed E-state index contributed by atoms with van der Waals surface area (Å²) in [5.41, 5.74) is 8.02. The van der Waals surface area contributed by atoms with E-state index < -0.39 is 0 Å². The third-order valence-corrected chi connectivity index (χ3v) is 3.02. The van der Waals surface area contributed by atoms with Gasteiger partial charge in [-0.05, 0) is 39.2 Å². The summed E-state index contributed by atoms with van der Waals surface area (Å²) < 4.78 is 0. The fourth-order valence-corrected chi connectivity index (χ4v) is 1.84. The minimum Gasteiger partial charge on any atom is -0.350 e. The Balaban J connectivity index is 2.37. The van der Waals surface area contributed by atoms with Gasteiger partial charge in [-0.3, -0.25) is 4.79 Å². The molecule has 0 radical (unpaired) electrons. The second-order valence-electron chi connectivity index (χ2n) is 5.07. The molecule has 0 saturated heterocycles. The standard InChI is InChI=1S/C15H24N2O/c1-11-7-9-14(10-8-11)13(3)17-15(18)6-4-5-12(2)16/h7-10,12-13H,4-6,16H2,1-3H3,(H,17,18)/t12?,13-/m0/s1. The van der Waals surface area contributed by atoms with Gasteiger partial charge in [-0.1, -0.05) is 29.8 Å². The summed E-state index contributed by atoms with van der Waals surface area (Å²) in [6.45, 7) is 6.03. The first-order valence-corrected chi connectivity index (χ1v) is 6.60. The first kappa shape index (κ1) is 14.7. The van der Waals surface area contributed by atoms with Crippen LogP contribution in [0.4, 0.5) is 0 Å². The van der Waals surface area contributed by atoms with Gasteiger partial charge in [-0.2, -0.15) is 0 Å². The monoisotopic (exact) mass is 248 g/mol. The quantitative estimate of drug-likeness (QED) is 0.813. The Morgan fingerprint density at radius 2 is 1.89 bits per heavy atom. The molecule has 3 nitrogen and oxygen atoms in total. The van der Waals surface area contributed by atoms with E-state index in [1.807, 2.05) is 13.8 Å². The van der Waals surface area contributed by atoms with Crippen LogP contribution in [0.2, 0.25) is 0 Å². The topological polar surface area (TPSA) is 55.1 Å². The number of nitrogens with one attached hydrogen (secondary N) is 1. The molecule has 0 heterocycles. The van der Waals surface area contributed by atoms with Gasteiger partial charge in [0.15, 0.2) is 0 Å². The van der Waals surface area contributed by atoms with Crippen LogP contribution in [0.3, 0.4) is 0 Å². The van der Waals surface area contributed by atoms with E-state index in [9.17, 15) is 4.79 Å². The summed E-state index contributed by atoms with van der Waals surface area (Å²) in [5.74, 6) is 0.101. The predicted octanol–water partition coefficient (Wildman–Crippen LogP) is 2.69. The number of benzene rings is 1. The van der Waals surface area contributed by atoms with Crippen molar-refractivity contribution in [3.05, 3.63) is 35.4 Å². The molecular formula is C15H24N2O. The molecule has 1 unspecified atom stereocenters. The van der Waals surface area contributed by atoms with Gasteiger partial charge in [-0.25, -0.2) is 0 Å². The van der Waals surface area contributed by atoms with E-state index in [-0.39, 0.29) is 18.0 Å². The molecule has 0 aliphatic heterocycles. The van der Waals surface area contributed by atoms with Gasteiger partial charge in [0.2, 0.25) is 5.91 Å². The van der Waals surface area contributed by atoms with Gasteiger partial charge in [-0.15, -0.1) is 0 Å². The van der Waals surface area contributed by atoms with Crippen LogP contribution in [0.15, 0.2) is 24.3 Å². The Morgan fingerprint density at radius 1 is 1.28 bits per heavy atom. The lowest BCUT2D eigenvalue weighted by atomic mass is 10.1. The van der Waals surface area contributed by atoms with E-state index >= 15 is 0 Å². The summed E-state index contributed by atoms with van der Waals surface area (Å²) in [5, 5.41) is 3.01. The van der Waals surface area contributed by atoms with Gasteiger partial charge >= 0.3 is 0 Å². The lowest BCUT2D eigenvalue weighted by Crippen LogP contribution is -2.26. The largest absolute Gasteiger partial charge is 0.350 e. The minimum atomic E-state index is 0.0633. The zero-order valence-corrected chi connectivity index (χ0v) is 11.6. The maximum Gasteiger partial charge on any atom is 0.220 e. The molecule has 1 aromatic rings. The van der Waals surface area contributed by atoms with Crippen LogP contribution in [0.5, 0.6) is 0 Å². The highest BCUT2D eigenvalue weighted by atomic mass is 16.1. The van der Waals surface area contributed by atoms with E-state index in [0.29, 0.717) is 6.42 Å². The average molecular weight is 248 g/mol. The Hall–Kier alpha value is -1.35. The number of aryl methyl sites for hydroxylation is 1. The Bertz CT molecular complexity index is 371. The molecule has 0 fully saturated rings. The third kappa shape index (κ3) is 5.32. The average Bonchev–Trinajstić information content (AvgIpc) is 2.29. The maximum absolute atomic E-state index is 11.7. The van der Waals surface area contributed by atoms with E-state index in [1.165, 1.54) is 5.56 Å². The summed E-state index contributed by atoms with van der Waals surface area (Å²) in [6.07, 6.45) is 2.30. The molecule has 0 spiro atoms. The molecule has 1 aromatic carbocycles. The van der Waals surface area contributed by atoms with Crippen molar-refractivity contribution in [3.8, 4) is 0 Å². The summed E-state index contributed by atoms with van der Waals surface area (Å²) in [7, 11) is 0. The zero-order valence-electron chi connectivity index (χ0n) is 11.6. The molecule has 1 amide bonds. The number of hydrogen-bond donors (Lipinski definition) is 2. The molecule has 0 saturated carbocycles. The lowest BCUT2D eigenvalue weighted by molar-refractivity contribution is -0.121. The van der Waals surface area contributed by atoms with Crippen molar-refractivity contribution < 1.29 is 4.79 Å². The minimum absolute atomic E-state index is 0.0633. The van der Waals surface area contributed by atoms with Crippen molar-refractivity contribution in [2.45, 2.75) is 52.1 Å². The van der Waals surface area contributed by atoms with E-state index in [4.69, 9.17) is 5.73 Å². The maximum atomic E-state index is 11.7. The zero-order chi connectivity index (χ0) is 13.5. The molecule has 0 bridgehead atoms. The van der Waals surface area contributed by atoms with Gasteiger partial charge in [0.1, 0.15) is 0 Å². The Kier molecular flexibility index (Phi) is 5.86.